The van der Waals surface area contributed by atoms with Crippen molar-refractivity contribution < 1.29 is 9.53 Å². The Hall–Kier alpha value is -1.61. The van der Waals surface area contributed by atoms with Crippen molar-refractivity contribution >= 4 is 5.97 Å². The molecule has 1 fully saturated rings. The molecule has 1 aliphatic carbocycles. The number of allylic oxidation sites excluding steroid dienone is 2. The number of carbonyl (C=O) groups excluding carboxylic acids is 1. The third kappa shape index (κ3) is 5.18. The van der Waals surface area contributed by atoms with Crippen LogP contribution >= 0.6 is 0 Å². The average Bonchev–Trinajstić information content (AvgIpc) is 3.15. The van der Waals surface area contributed by atoms with Gasteiger partial charge in [-0.1, -0.05) is 49.4 Å². The van der Waals surface area contributed by atoms with Gasteiger partial charge in [0.05, 0.1) is 12.5 Å². The van der Waals surface area contributed by atoms with Gasteiger partial charge in [0.25, 0.3) is 0 Å². The maximum atomic E-state index is 12.9. The maximum absolute atomic E-state index is 12.9. The van der Waals surface area contributed by atoms with Crippen LogP contribution in [0.15, 0.2) is 42.5 Å². The first-order chi connectivity index (χ1) is 12.2. The second-order valence-electron chi connectivity index (χ2n) is 7.65. The molecule has 0 N–H and O–H groups in total. The molecule has 1 aliphatic heterocycles. The van der Waals surface area contributed by atoms with Gasteiger partial charge in [-0.15, -0.1) is 0 Å². The van der Waals surface area contributed by atoms with Gasteiger partial charge in [0.15, 0.2) is 0 Å². The number of likely N-dealkylation sites (tertiary alicyclic amines) is 1. The Morgan fingerprint density at radius 2 is 1.96 bits per heavy atom. The second-order valence-corrected chi connectivity index (χ2v) is 7.65. The lowest BCUT2D eigenvalue weighted by molar-refractivity contribution is -0.148. The highest BCUT2D eigenvalue weighted by Crippen LogP contribution is 2.33. The Morgan fingerprint density at radius 1 is 1.20 bits per heavy atom. The molecule has 25 heavy (non-hydrogen) atoms. The molecule has 3 heteroatoms. The zero-order valence-corrected chi connectivity index (χ0v) is 15.4. The highest BCUT2D eigenvalue weighted by atomic mass is 16.5. The Balaban J connectivity index is 1.60. The van der Waals surface area contributed by atoms with Gasteiger partial charge in [-0.3, -0.25) is 4.79 Å². The first-order valence-electron chi connectivity index (χ1n) is 9.84. The van der Waals surface area contributed by atoms with E-state index in [4.69, 9.17) is 4.74 Å². The van der Waals surface area contributed by atoms with Crippen LogP contribution in [0.3, 0.4) is 0 Å². The zero-order chi connectivity index (χ0) is 17.5. The number of hydrogen-bond donors (Lipinski definition) is 0. The lowest BCUT2D eigenvalue weighted by Gasteiger charge is -2.27. The third-order valence-corrected chi connectivity index (χ3v) is 5.41. The molecule has 0 radical (unpaired) electrons. The third-order valence-electron chi connectivity index (χ3n) is 5.41. The minimum absolute atomic E-state index is 0.0592. The van der Waals surface area contributed by atoms with E-state index in [1.807, 2.05) is 18.2 Å². The molecule has 1 aromatic rings. The molecular weight excluding hydrogens is 310 g/mol. The molecular formula is C22H31NO2. The molecule has 0 spiro atoms. The second kappa shape index (κ2) is 9.19. The van der Waals surface area contributed by atoms with E-state index in [2.05, 4.69) is 36.1 Å². The van der Waals surface area contributed by atoms with Crippen LogP contribution in [-0.2, 0) is 9.53 Å². The summed E-state index contributed by atoms with van der Waals surface area (Å²) in [5.74, 6) is 0.422. The van der Waals surface area contributed by atoms with Crippen molar-refractivity contribution in [3.05, 3.63) is 48.0 Å². The largest absolute Gasteiger partial charge is 0.465 e. The molecule has 0 aromatic heterocycles. The van der Waals surface area contributed by atoms with E-state index in [1.54, 1.807) is 0 Å². The van der Waals surface area contributed by atoms with Crippen molar-refractivity contribution in [2.75, 3.05) is 26.2 Å². The van der Waals surface area contributed by atoms with Crippen LogP contribution in [0.25, 0.3) is 0 Å². The van der Waals surface area contributed by atoms with Crippen LogP contribution in [0.4, 0.5) is 0 Å². The molecule has 3 atom stereocenters. The minimum Gasteiger partial charge on any atom is -0.465 e. The molecule has 3 rings (SSSR count). The standard InChI is InChI=1S/C22H31NO2/c1-18(16-23-14-8-9-15-23)17-25-22(24)21(19-10-4-2-5-11-19)20-12-6-3-7-13-20/h2,4-6,10-12,18,20-21H,3,7-9,13-17H2,1H3/t18-,20-,21+/m0/s1. The molecule has 0 saturated carbocycles. The van der Waals surface area contributed by atoms with Crippen molar-refractivity contribution in [3.8, 4) is 0 Å². The normalized spacial score (nSPS) is 23.3. The van der Waals surface area contributed by atoms with E-state index in [-0.39, 0.29) is 17.8 Å². The molecule has 3 nitrogen and oxygen atoms in total. The summed E-state index contributed by atoms with van der Waals surface area (Å²) in [6.07, 6.45) is 10.4. The fourth-order valence-corrected chi connectivity index (χ4v) is 4.11. The molecule has 2 aliphatic rings. The lowest BCUT2D eigenvalue weighted by Crippen LogP contribution is -2.30. The molecule has 0 bridgehead atoms. The number of nitrogens with zero attached hydrogens (tertiary/aromatic N) is 1. The zero-order valence-electron chi connectivity index (χ0n) is 15.4. The number of esters is 1. The van der Waals surface area contributed by atoms with Crippen LogP contribution in [-0.4, -0.2) is 37.1 Å². The van der Waals surface area contributed by atoms with E-state index < -0.39 is 0 Å². The average molecular weight is 341 g/mol. The van der Waals surface area contributed by atoms with Gasteiger partial charge in [-0.25, -0.2) is 0 Å². The monoisotopic (exact) mass is 341 g/mol. The smallest absolute Gasteiger partial charge is 0.314 e. The maximum Gasteiger partial charge on any atom is 0.314 e. The summed E-state index contributed by atoms with van der Waals surface area (Å²) in [6, 6.07) is 10.1. The van der Waals surface area contributed by atoms with Gasteiger partial charge in [-0.2, -0.15) is 0 Å². The van der Waals surface area contributed by atoms with Crippen molar-refractivity contribution in [3.63, 3.8) is 0 Å². The lowest BCUT2D eigenvalue weighted by atomic mass is 9.80. The predicted molar refractivity (Wildman–Crippen MR) is 101 cm³/mol. The Morgan fingerprint density at radius 3 is 2.64 bits per heavy atom. The van der Waals surface area contributed by atoms with E-state index in [9.17, 15) is 4.79 Å². The summed E-state index contributed by atoms with van der Waals surface area (Å²) in [7, 11) is 0. The fraction of sp³-hybridized carbons (Fsp3) is 0.591. The van der Waals surface area contributed by atoms with Crippen molar-refractivity contribution in [1.29, 1.82) is 0 Å². The molecule has 136 valence electrons. The van der Waals surface area contributed by atoms with E-state index in [0.717, 1.165) is 31.4 Å². The minimum atomic E-state index is -0.170. The highest BCUT2D eigenvalue weighted by molar-refractivity contribution is 5.79. The summed E-state index contributed by atoms with van der Waals surface area (Å²) >= 11 is 0. The SMILES string of the molecule is C[C@H](COC(=O)[C@H](c1ccccc1)[C@H]1C=CCCC1)CN1CCCC1. The number of benzene rings is 1. The van der Waals surface area contributed by atoms with Crippen LogP contribution < -0.4 is 0 Å². The van der Waals surface area contributed by atoms with Gasteiger partial charge >= 0.3 is 5.97 Å². The quantitative estimate of drug-likeness (QED) is 0.544. The van der Waals surface area contributed by atoms with Gasteiger partial charge in [0.2, 0.25) is 0 Å². The summed E-state index contributed by atoms with van der Waals surface area (Å²) < 4.78 is 5.78. The summed E-state index contributed by atoms with van der Waals surface area (Å²) in [5.41, 5.74) is 1.08. The van der Waals surface area contributed by atoms with Crippen LogP contribution in [0, 0.1) is 11.8 Å². The van der Waals surface area contributed by atoms with Crippen LogP contribution in [0.1, 0.15) is 50.5 Å². The summed E-state index contributed by atoms with van der Waals surface area (Å²) in [6.45, 7) is 6.13. The Bertz CT molecular complexity index is 563. The van der Waals surface area contributed by atoms with Gasteiger partial charge in [0.1, 0.15) is 0 Å². The summed E-state index contributed by atoms with van der Waals surface area (Å²) in [4.78, 5) is 15.4. The highest BCUT2D eigenvalue weighted by Gasteiger charge is 2.30. The van der Waals surface area contributed by atoms with E-state index >= 15 is 0 Å². The number of hydrogen-bond acceptors (Lipinski definition) is 3. The number of ether oxygens (including phenoxy) is 1. The van der Waals surface area contributed by atoms with Crippen molar-refractivity contribution in [2.24, 2.45) is 11.8 Å². The van der Waals surface area contributed by atoms with Crippen LogP contribution in [0.5, 0.6) is 0 Å². The van der Waals surface area contributed by atoms with Gasteiger partial charge in [0, 0.05) is 12.5 Å². The van der Waals surface area contributed by atoms with Gasteiger partial charge in [-0.05, 0) is 56.7 Å². The molecule has 1 aromatic carbocycles. The number of rotatable bonds is 7. The Kier molecular flexibility index (Phi) is 6.69. The first-order valence-corrected chi connectivity index (χ1v) is 9.84. The van der Waals surface area contributed by atoms with E-state index in [0.29, 0.717) is 12.5 Å². The summed E-state index contributed by atoms with van der Waals surface area (Å²) in [5, 5.41) is 0. The molecule has 1 saturated heterocycles. The molecule has 0 amide bonds. The first kappa shape index (κ1) is 18.2. The number of carbonyl (C=O) groups is 1. The van der Waals surface area contributed by atoms with Crippen molar-refractivity contribution in [2.45, 2.75) is 44.9 Å². The predicted octanol–water partition coefficient (Wildman–Crippen LogP) is 4.40. The topological polar surface area (TPSA) is 29.5 Å². The molecule has 0 unspecified atom stereocenters. The fourth-order valence-electron chi connectivity index (χ4n) is 4.11. The van der Waals surface area contributed by atoms with Crippen LogP contribution in [0.2, 0.25) is 0 Å². The Labute approximate surface area is 152 Å². The molecule has 1 heterocycles. The van der Waals surface area contributed by atoms with Crippen molar-refractivity contribution in [1.82, 2.24) is 4.90 Å². The van der Waals surface area contributed by atoms with Gasteiger partial charge < -0.3 is 9.64 Å². The van der Waals surface area contributed by atoms with E-state index in [1.165, 1.54) is 25.9 Å².